The molecule has 1 aromatic rings. The molecule has 1 aromatic carbocycles. The molecule has 0 saturated carbocycles. The fourth-order valence-electron chi connectivity index (χ4n) is 2.82. The molecule has 0 aromatic heterocycles. The molecule has 0 radical (unpaired) electrons. The summed E-state index contributed by atoms with van der Waals surface area (Å²) in [5.41, 5.74) is 7.34. The molecule has 0 bridgehead atoms. The number of sulfonamides is 1. The summed E-state index contributed by atoms with van der Waals surface area (Å²) in [7, 11) is -3.39. The summed E-state index contributed by atoms with van der Waals surface area (Å²) in [6.45, 7) is 7.76. The zero-order chi connectivity index (χ0) is 14.9. The molecule has 0 spiro atoms. The molecule has 1 saturated heterocycles. The van der Waals surface area contributed by atoms with Crippen molar-refractivity contribution in [1.82, 2.24) is 4.31 Å². The van der Waals surface area contributed by atoms with Gasteiger partial charge in [0.2, 0.25) is 10.0 Å². The van der Waals surface area contributed by atoms with Crippen LogP contribution < -0.4 is 5.73 Å². The predicted octanol–water partition coefficient (Wildman–Crippen LogP) is 2.12. The number of nitrogens with zero attached hydrogens (tertiary/aromatic N) is 1. The van der Waals surface area contributed by atoms with E-state index in [1.165, 1.54) is 0 Å². The zero-order valence-electron chi connectivity index (χ0n) is 12.5. The van der Waals surface area contributed by atoms with Crippen LogP contribution in [-0.2, 0) is 16.6 Å². The van der Waals surface area contributed by atoms with Crippen LogP contribution in [0.2, 0.25) is 0 Å². The molecule has 1 aliphatic heterocycles. The smallest absolute Gasteiger partial charge is 0.243 e. The number of hydrogen-bond donors (Lipinski definition) is 1. The van der Waals surface area contributed by atoms with E-state index in [4.69, 9.17) is 5.73 Å². The van der Waals surface area contributed by atoms with Crippen molar-refractivity contribution >= 4 is 10.0 Å². The Morgan fingerprint density at radius 2 is 2.10 bits per heavy atom. The van der Waals surface area contributed by atoms with Crippen LogP contribution in [0.3, 0.4) is 0 Å². The minimum Gasteiger partial charge on any atom is -0.326 e. The van der Waals surface area contributed by atoms with E-state index < -0.39 is 10.0 Å². The van der Waals surface area contributed by atoms with Gasteiger partial charge in [-0.25, -0.2) is 8.42 Å². The Morgan fingerprint density at radius 3 is 2.65 bits per heavy atom. The van der Waals surface area contributed by atoms with E-state index in [1.54, 1.807) is 16.4 Å². The average molecular weight is 296 g/mol. The van der Waals surface area contributed by atoms with Crippen molar-refractivity contribution in [1.29, 1.82) is 0 Å². The Kier molecular flexibility index (Phi) is 4.52. The van der Waals surface area contributed by atoms with Gasteiger partial charge in [0, 0.05) is 19.6 Å². The van der Waals surface area contributed by atoms with E-state index >= 15 is 0 Å². The average Bonchev–Trinajstić information content (AvgIpc) is 2.89. The molecule has 0 amide bonds. The molecule has 1 atom stereocenters. The molecular weight excluding hydrogens is 272 g/mol. The third-order valence-corrected chi connectivity index (χ3v) is 6.37. The number of rotatable bonds is 4. The maximum Gasteiger partial charge on any atom is 0.243 e. The van der Waals surface area contributed by atoms with Gasteiger partial charge < -0.3 is 5.73 Å². The van der Waals surface area contributed by atoms with Crippen molar-refractivity contribution in [3.8, 4) is 0 Å². The molecule has 2 rings (SSSR count). The highest BCUT2D eigenvalue weighted by Gasteiger charge is 2.34. The first kappa shape index (κ1) is 15.5. The summed E-state index contributed by atoms with van der Waals surface area (Å²) in [6, 6.07) is 5.35. The summed E-state index contributed by atoms with van der Waals surface area (Å²) in [4.78, 5) is 0.407. The van der Waals surface area contributed by atoms with E-state index in [-0.39, 0.29) is 0 Å². The van der Waals surface area contributed by atoms with Gasteiger partial charge in [0.1, 0.15) is 0 Å². The Balaban J connectivity index is 2.33. The topological polar surface area (TPSA) is 63.4 Å². The highest BCUT2D eigenvalue weighted by molar-refractivity contribution is 7.89. The van der Waals surface area contributed by atoms with E-state index in [0.717, 1.165) is 17.5 Å². The molecule has 1 unspecified atom stereocenters. The fraction of sp³-hybridized carbons (Fsp3) is 0.600. The van der Waals surface area contributed by atoms with Gasteiger partial charge in [0.15, 0.2) is 0 Å². The highest BCUT2D eigenvalue weighted by Crippen LogP contribution is 2.30. The van der Waals surface area contributed by atoms with Gasteiger partial charge in [-0.1, -0.05) is 26.0 Å². The normalized spacial score (nSPS) is 20.8. The lowest BCUT2D eigenvalue weighted by Gasteiger charge is -2.20. The number of nitrogens with two attached hydrogens (primary N) is 1. The first-order chi connectivity index (χ1) is 9.37. The van der Waals surface area contributed by atoms with Crippen LogP contribution in [0.25, 0.3) is 0 Å². The van der Waals surface area contributed by atoms with Crippen LogP contribution in [0, 0.1) is 18.8 Å². The van der Waals surface area contributed by atoms with Gasteiger partial charge in [0.25, 0.3) is 0 Å². The Hall–Kier alpha value is -0.910. The van der Waals surface area contributed by atoms with Gasteiger partial charge in [-0.15, -0.1) is 0 Å². The van der Waals surface area contributed by atoms with Crippen molar-refractivity contribution in [2.75, 3.05) is 13.1 Å². The first-order valence-corrected chi connectivity index (χ1v) is 8.60. The van der Waals surface area contributed by atoms with E-state index in [2.05, 4.69) is 13.8 Å². The van der Waals surface area contributed by atoms with Crippen LogP contribution in [0.5, 0.6) is 0 Å². The lowest BCUT2D eigenvalue weighted by Crippen LogP contribution is -2.30. The van der Waals surface area contributed by atoms with E-state index in [0.29, 0.717) is 36.4 Å². The van der Waals surface area contributed by atoms with Crippen LogP contribution in [0.15, 0.2) is 23.1 Å². The largest absolute Gasteiger partial charge is 0.326 e. The van der Waals surface area contributed by atoms with Gasteiger partial charge in [-0.2, -0.15) is 4.31 Å². The van der Waals surface area contributed by atoms with Gasteiger partial charge in [-0.05, 0) is 42.4 Å². The third kappa shape index (κ3) is 2.75. The Morgan fingerprint density at radius 1 is 1.40 bits per heavy atom. The summed E-state index contributed by atoms with van der Waals surface area (Å²) in [5.74, 6) is 0.981. The van der Waals surface area contributed by atoms with Crippen molar-refractivity contribution in [2.24, 2.45) is 17.6 Å². The minimum absolute atomic E-state index is 0.365. The van der Waals surface area contributed by atoms with Crippen LogP contribution in [0.1, 0.15) is 31.4 Å². The molecule has 4 nitrogen and oxygen atoms in total. The fourth-order valence-corrected chi connectivity index (χ4v) is 4.60. The maximum absolute atomic E-state index is 12.8. The lowest BCUT2D eigenvalue weighted by molar-refractivity contribution is 0.388. The van der Waals surface area contributed by atoms with Gasteiger partial charge in [-0.3, -0.25) is 0 Å². The molecule has 2 N–H and O–H groups in total. The molecule has 1 heterocycles. The third-order valence-electron chi connectivity index (χ3n) is 4.36. The summed E-state index contributed by atoms with van der Waals surface area (Å²) in [6.07, 6.45) is 0.951. The monoisotopic (exact) mass is 296 g/mol. The minimum atomic E-state index is -3.39. The van der Waals surface area contributed by atoms with Crippen molar-refractivity contribution in [2.45, 2.75) is 38.6 Å². The Bertz CT molecular complexity index is 582. The molecule has 1 aliphatic rings. The van der Waals surface area contributed by atoms with Crippen LogP contribution >= 0.6 is 0 Å². The van der Waals surface area contributed by atoms with E-state index in [1.807, 2.05) is 13.0 Å². The quantitative estimate of drug-likeness (QED) is 0.925. The molecular formula is C15H24N2O2S. The zero-order valence-corrected chi connectivity index (χ0v) is 13.3. The van der Waals surface area contributed by atoms with E-state index in [9.17, 15) is 8.42 Å². The lowest BCUT2D eigenvalue weighted by atomic mass is 9.96. The van der Waals surface area contributed by atoms with Crippen molar-refractivity contribution < 1.29 is 8.42 Å². The summed E-state index contributed by atoms with van der Waals surface area (Å²) >= 11 is 0. The second-order valence-electron chi connectivity index (χ2n) is 5.90. The summed E-state index contributed by atoms with van der Waals surface area (Å²) < 4.78 is 27.2. The van der Waals surface area contributed by atoms with Crippen LogP contribution in [0.4, 0.5) is 0 Å². The summed E-state index contributed by atoms with van der Waals surface area (Å²) in [5, 5.41) is 0. The van der Waals surface area contributed by atoms with Crippen molar-refractivity contribution in [3.05, 3.63) is 29.3 Å². The molecule has 1 fully saturated rings. The molecule has 20 heavy (non-hydrogen) atoms. The van der Waals surface area contributed by atoms with Crippen molar-refractivity contribution in [3.63, 3.8) is 0 Å². The second kappa shape index (κ2) is 5.84. The van der Waals surface area contributed by atoms with Gasteiger partial charge in [0.05, 0.1) is 4.90 Å². The highest BCUT2D eigenvalue weighted by atomic mass is 32.2. The first-order valence-electron chi connectivity index (χ1n) is 7.16. The maximum atomic E-state index is 12.8. The molecule has 112 valence electrons. The van der Waals surface area contributed by atoms with Crippen LogP contribution in [-0.4, -0.2) is 25.8 Å². The molecule has 0 aliphatic carbocycles. The number of benzene rings is 1. The second-order valence-corrected chi connectivity index (χ2v) is 7.81. The standard InChI is InChI=1S/C15H24N2O2S/c1-11(2)14-7-8-17(10-14)20(18,19)15-6-4-5-13(9-16)12(15)3/h4-6,11,14H,7-10,16H2,1-3H3. The molecule has 5 heteroatoms. The SMILES string of the molecule is Cc1c(CN)cccc1S(=O)(=O)N1CCC(C(C)C)C1. The van der Waals surface area contributed by atoms with Gasteiger partial charge >= 0.3 is 0 Å². The number of hydrogen-bond acceptors (Lipinski definition) is 3. The Labute approximate surface area is 122 Å². The predicted molar refractivity (Wildman–Crippen MR) is 80.8 cm³/mol.